The molecule has 0 atom stereocenters. The molecule has 0 unspecified atom stereocenters. The van der Waals surface area contributed by atoms with E-state index in [0.717, 1.165) is 6.42 Å². The summed E-state index contributed by atoms with van der Waals surface area (Å²) < 4.78 is 0. The zero-order valence-electron chi connectivity index (χ0n) is 10.2. The lowest BCUT2D eigenvalue weighted by molar-refractivity contribution is 1.14. The number of rotatable bonds is 2. The minimum atomic E-state index is 1.09. The summed E-state index contributed by atoms with van der Waals surface area (Å²) >= 11 is 0. The highest BCUT2D eigenvalue weighted by molar-refractivity contribution is 5.92. The van der Waals surface area contributed by atoms with Crippen LogP contribution in [-0.2, 0) is 6.42 Å². The Hall–Kier alpha value is -1.56. The van der Waals surface area contributed by atoms with E-state index in [0.29, 0.717) is 0 Å². The van der Waals surface area contributed by atoms with E-state index >= 15 is 0 Å². The van der Waals surface area contributed by atoms with Crippen molar-refractivity contribution in [3.8, 4) is 0 Å². The third-order valence-electron chi connectivity index (χ3n) is 3.02. The molecule has 0 aromatic heterocycles. The van der Waals surface area contributed by atoms with Crippen LogP contribution in [0, 0.1) is 6.92 Å². The van der Waals surface area contributed by atoms with Crippen molar-refractivity contribution in [2.75, 3.05) is 0 Å². The highest BCUT2D eigenvalue weighted by Gasteiger charge is 2.03. The summed E-state index contributed by atoms with van der Waals surface area (Å²) in [4.78, 5) is 0. The van der Waals surface area contributed by atoms with Gasteiger partial charge in [-0.15, -0.1) is 0 Å². The average Bonchev–Trinajstić information content (AvgIpc) is 2.29. The number of hydrogen-bond acceptors (Lipinski definition) is 0. The summed E-state index contributed by atoms with van der Waals surface area (Å²) in [5.41, 5.74) is 4.13. The van der Waals surface area contributed by atoms with Gasteiger partial charge in [0.2, 0.25) is 0 Å². The van der Waals surface area contributed by atoms with Crippen molar-refractivity contribution in [3.63, 3.8) is 0 Å². The van der Waals surface area contributed by atoms with Crippen LogP contribution in [0.2, 0.25) is 0 Å². The van der Waals surface area contributed by atoms with Gasteiger partial charge < -0.3 is 0 Å². The minimum absolute atomic E-state index is 1.09. The number of fused-ring (bicyclic) bond motifs is 1. The van der Waals surface area contributed by atoms with Crippen molar-refractivity contribution in [1.82, 2.24) is 0 Å². The van der Waals surface area contributed by atoms with Crippen LogP contribution in [0.4, 0.5) is 0 Å². The van der Waals surface area contributed by atoms with Crippen molar-refractivity contribution in [1.29, 1.82) is 0 Å². The Balaban J connectivity index is 2.78. The van der Waals surface area contributed by atoms with Crippen molar-refractivity contribution in [2.45, 2.75) is 27.2 Å². The van der Waals surface area contributed by atoms with E-state index in [2.05, 4.69) is 63.3 Å². The largest absolute Gasteiger partial charge is 0.0870 e. The quantitative estimate of drug-likeness (QED) is 0.671. The van der Waals surface area contributed by atoms with Crippen LogP contribution in [-0.4, -0.2) is 0 Å². The van der Waals surface area contributed by atoms with E-state index in [9.17, 15) is 0 Å². The molecule has 2 aromatic rings. The molecule has 0 amide bonds. The molecule has 0 spiro atoms. The summed E-state index contributed by atoms with van der Waals surface area (Å²) in [5.74, 6) is 0. The van der Waals surface area contributed by atoms with E-state index in [4.69, 9.17) is 0 Å². The first kappa shape index (κ1) is 10.9. The Morgan fingerprint density at radius 1 is 1.12 bits per heavy atom. The summed E-state index contributed by atoms with van der Waals surface area (Å²) in [7, 11) is 0. The highest BCUT2D eigenvalue weighted by atomic mass is 14.1. The molecule has 0 fully saturated rings. The second-order valence-electron chi connectivity index (χ2n) is 4.22. The van der Waals surface area contributed by atoms with E-state index in [1.165, 1.54) is 27.5 Å². The van der Waals surface area contributed by atoms with Gasteiger partial charge in [0, 0.05) is 0 Å². The second-order valence-corrected chi connectivity index (χ2v) is 4.22. The average molecular weight is 210 g/mol. The minimum Gasteiger partial charge on any atom is -0.0870 e. The van der Waals surface area contributed by atoms with E-state index in [1.54, 1.807) is 0 Å². The molecule has 0 saturated carbocycles. The zero-order valence-corrected chi connectivity index (χ0v) is 10.2. The number of allylic oxidation sites excluding steroid dienone is 1. The molecule has 82 valence electrons. The second kappa shape index (κ2) is 4.52. The monoisotopic (exact) mass is 210 g/mol. The molecule has 0 aliphatic carbocycles. The van der Waals surface area contributed by atoms with Gasteiger partial charge in [-0.3, -0.25) is 0 Å². The van der Waals surface area contributed by atoms with Crippen LogP contribution in [0.15, 0.2) is 36.4 Å². The van der Waals surface area contributed by atoms with Crippen LogP contribution in [0.5, 0.6) is 0 Å². The molecule has 0 bridgehead atoms. The number of hydrogen-bond donors (Lipinski definition) is 0. The summed E-state index contributed by atoms with van der Waals surface area (Å²) in [6, 6.07) is 11.2. The molecule has 0 radical (unpaired) electrons. The Kier molecular flexibility index (Phi) is 3.09. The topological polar surface area (TPSA) is 0 Å². The fourth-order valence-corrected chi connectivity index (χ4v) is 2.19. The Morgan fingerprint density at radius 2 is 1.94 bits per heavy atom. The molecule has 2 aromatic carbocycles. The summed E-state index contributed by atoms with van der Waals surface area (Å²) in [5, 5.41) is 2.70. The van der Waals surface area contributed by atoms with Gasteiger partial charge in [-0.05, 0) is 42.2 Å². The molecule has 16 heavy (non-hydrogen) atoms. The fourth-order valence-electron chi connectivity index (χ4n) is 2.19. The van der Waals surface area contributed by atoms with E-state index in [-0.39, 0.29) is 0 Å². The molecule has 0 aliphatic heterocycles. The van der Waals surface area contributed by atoms with Crippen molar-refractivity contribution >= 4 is 16.8 Å². The van der Waals surface area contributed by atoms with Crippen LogP contribution >= 0.6 is 0 Å². The van der Waals surface area contributed by atoms with Gasteiger partial charge in [-0.1, -0.05) is 55.0 Å². The lowest BCUT2D eigenvalue weighted by Crippen LogP contribution is -1.88. The van der Waals surface area contributed by atoms with Crippen LogP contribution in [0.1, 0.15) is 30.5 Å². The molecule has 0 nitrogen and oxygen atoms in total. The maximum Gasteiger partial charge on any atom is -0.0109 e. The van der Waals surface area contributed by atoms with Gasteiger partial charge in [0.05, 0.1) is 0 Å². The predicted octanol–water partition coefficient (Wildman–Crippen LogP) is 4.74. The first-order valence-electron chi connectivity index (χ1n) is 5.91. The smallest absolute Gasteiger partial charge is 0.0109 e. The SMILES string of the molecule is C/C=C\c1c(CC)ccc2cc(C)ccc12. The molecule has 0 aliphatic rings. The molecule has 0 saturated heterocycles. The van der Waals surface area contributed by atoms with Crippen molar-refractivity contribution in [2.24, 2.45) is 0 Å². The highest BCUT2D eigenvalue weighted by Crippen LogP contribution is 2.25. The molecular weight excluding hydrogens is 192 g/mol. The van der Waals surface area contributed by atoms with Crippen LogP contribution in [0.3, 0.4) is 0 Å². The first-order chi connectivity index (χ1) is 7.76. The van der Waals surface area contributed by atoms with E-state index in [1.807, 2.05) is 0 Å². The first-order valence-corrected chi connectivity index (χ1v) is 5.91. The van der Waals surface area contributed by atoms with E-state index < -0.39 is 0 Å². The third-order valence-corrected chi connectivity index (χ3v) is 3.02. The number of benzene rings is 2. The zero-order chi connectivity index (χ0) is 11.5. The number of aryl methyl sites for hydroxylation is 2. The van der Waals surface area contributed by atoms with Crippen molar-refractivity contribution in [3.05, 3.63) is 53.1 Å². The van der Waals surface area contributed by atoms with Gasteiger partial charge in [0.25, 0.3) is 0 Å². The van der Waals surface area contributed by atoms with Gasteiger partial charge in [0.1, 0.15) is 0 Å². The molecular formula is C16H18. The maximum absolute atomic E-state index is 2.25. The lowest BCUT2D eigenvalue weighted by Gasteiger charge is -2.09. The van der Waals surface area contributed by atoms with Gasteiger partial charge >= 0.3 is 0 Å². The van der Waals surface area contributed by atoms with Crippen molar-refractivity contribution < 1.29 is 0 Å². The summed E-state index contributed by atoms with van der Waals surface area (Å²) in [6.07, 6.45) is 5.42. The van der Waals surface area contributed by atoms with Crippen LogP contribution in [0.25, 0.3) is 16.8 Å². The molecule has 0 heterocycles. The predicted molar refractivity (Wildman–Crippen MR) is 72.8 cm³/mol. The Morgan fingerprint density at radius 3 is 2.62 bits per heavy atom. The normalized spacial score (nSPS) is 11.4. The molecule has 0 heteroatoms. The standard InChI is InChI=1S/C16H18/c1-4-6-15-13(5-2)8-9-14-11-12(3)7-10-16(14)15/h4,6-11H,5H2,1-3H3/b6-4-. The van der Waals surface area contributed by atoms with Gasteiger partial charge in [0.15, 0.2) is 0 Å². The van der Waals surface area contributed by atoms with Crippen LogP contribution < -0.4 is 0 Å². The Bertz CT molecular complexity index is 533. The van der Waals surface area contributed by atoms with Gasteiger partial charge in [-0.25, -0.2) is 0 Å². The Labute approximate surface area is 97.6 Å². The fraction of sp³-hybridized carbons (Fsp3) is 0.250. The molecule has 2 rings (SSSR count). The molecule has 0 N–H and O–H groups in total. The third kappa shape index (κ3) is 1.88. The van der Waals surface area contributed by atoms with Gasteiger partial charge in [-0.2, -0.15) is 0 Å². The summed E-state index contributed by atoms with van der Waals surface area (Å²) in [6.45, 7) is 6.43. The maximum atomic E-state index is 2.25. The lowest BCUT2D eigenvalue weighted by atomic mass is 9.96.